The normalized spacial score (nSPS) is 20.6. The Morgan fingerprint density at radius 3 is 2.26 bits per heavy atom. The number of carbonyl (C=O) groups is 2. The van der Waals surface area contributed by atoms with Crippen molar-refractivity contribution < 1.29 is 31.9 Å². The van der Waals surface area contributed by atoms with E-state index in [1.807, 2.05) is 13.8 Å². The molecule has 9 heteroatoms. The molecule has 1 unspecified atom stereocenters. The van der Waals surface area contributed by atoms with E-state index in [1.54, 1.807) is 11.0 Å². The minimum absolute atomic E-state index is 0.0706. The first-order valence-electron chi connectivity index (χ1n) is 11.7. The lowest BCUT2D eigenvalue weighted by atomic mass is 9.82. The zero-order valence-corrected chi connectivity index (χ0v) is 20.0. The molecule has 1 aliphatic heterocycles. The molecule has 2 fully saturated rings. The van der Waals surface area contributed by atoms with Crippen LogP contribution >= 0.6 is 0 Å². The van der Waals surface area contributed by atoms with Gasteiger partial charge in [-0.15, -0.1) is 0 Å². The summed E-state index contributed by atoms with van der Waals surface area (Å²) in [4.78, 5) is 24.2. The van der Waals surface area contributed by atoms with Gasteiger partial charge in [0.05, 0.1) is 6.61 Å². The molecule has 1 saturated heterocycles. The van der Waals surface area contributed by atoms with Crippen LogP contribution in [0.5, 0.6) is 0 Å². The van der Waals surface area contributed by atoms with E-state index < -0.39 is 29.5 Å². The fourth-order valence-corrected chi connectivity index (χ4v) is 3.91. The number of primary amides is 1. The highest BCUT2D eigenvalue weighted by Crippen LogP contribution is 2.33. The van der Waals surface area contributed by atoms with Gasteiger partial charge in [0.1, 0.15) is 30.2 Å². The van der Waals surface area contributed by atoms with Gasteiger partial charge in [-0.25, -0.2) is 17.6 Å². The van der Waals surface area contributed by atoms with Crippen molar-refractivity contribution in [3.05, 3.63) is 59.9 Å². The number of hydrogen-bond donors (Lipinski definition) is 1. The third-order valence-electron chi connectivity index (χ3n) is 5.67. The molecule has 0 spiro atoms. The van der Waals surface area contributed by atoms with Gasteiger partial charge in [0.2, 0.25) is 11.8 Å². The number of ether oxygens (including phenoxy) is 1. The van der Waals surface area contributed by atoms with Crippen molar-refractivity contribution in [1.82, 2.24) is 4.90 Å². The third-order valence-corrected chi connectivity index (χ3v) is 5.67. The van der Waals surface area contributed by atoms with Crippen molar-refractivity contribution in [2.45, 2.75) is 39.3 Å². The molecule has 1 heterocycles. The van der Waals surface area contributed by atoms with Crippen LogP contribution in [0.3, 0.4) is 0 Å². The van der Waals surface area contributed by atoms with Crippen LogP contribution < -0.4 is 5.73 Å². The molecule has 5 nitrogen and oxygen atoms in total. The van der Waals surface area contributed by atoms with E-state index in [4.69, 9.17) is 10.5 Å². The maximum Gasteiger partial charge on any atom is 0.243 e. The second-order valence-corrected chi connectivity index (χ2v) is 8.32. The highest BCUT2D eigenvalue weighted by atomic mass is 19.1. The summed E-state index contributed by atoms with van der Waals surface area (Å²) >= 11 is 0. The molecule has 0 aromatic heterocycles. The second-order valence-electron chi connectivity index (χ2n) is 8.32. The van der Waals surface area contributed by atoms with E-state index >= 15 is 0 Å². The number of nitrogens with two attached hydrogens (primary N) is 1. The lowest BCUT2D eigenvalue weighted by molar-refractivity contribution is -0.139. The fraction of sp³-hybridized carbons (Fsp3) is 0.462. The quantitative estimate of drug-likeness (QED) is 0.580. The zero-order chi connectivity index (χ0) is 26.0. The summed E-state index contributed by atoms with van der Waals surface area (Å²) in [5.41, 5.74) is 5.36. The number of nitrogens with zero attached hydrogens (tertiary/aromatic N) is 1. The first-order chi connectivity index (χ1) is 16.7. The van der Waals surface area contributed by atoms with Gasteiger partial charge in [-0.05, 0) is 43.0 Å². The molecule has 2 aromatic carbocycles. The summed E-state index contributed by atoms with van der Waals surface area (Å²) in [6.07, 6.45) is 0.823. The monoisotopic (exact) mass is 496 g/mol. The molecule has 2 aromatic rings. The van der Waals surface area contributed by atoms with Crippen molar-refractivity contribution in [1.29, 1.82) is 0 Å². The number of benzene rings is 2. The smallest absolute Gasteiger partial charge is 0.243 e. The number of rotatable bonds is 6. The standard InChI is InChI=1S/C12H7F3.C12H19FN2O3.C2H6/c13-9-5-8(6-10(14)7-9)11-3-1-2-4-12(11)15;13-10-3-9(4-10)12(17)15-2-1-8(5-15)6-18-7-11(14)16;1-2/h1-7H;8-10H,1-7H2,(H2,14,16);1-2H3. The van der Waals surface area contributed by atoms with Crippen molar-refractivity contribution in [2.24, 2.45) is 17.6 Å². The Morgan fingerprint density at radius 2 is 1.69 bits per heavy atom. The SMILES string of the molecule is CC.Fc1cc(F)cc(-c2ccccc2F)c1.NC(=O)COCC1CCN(C(=O)C2CC(F)C2)C1. The number of likely N-dealkylation sites (tertiary alicyclic amines) is 1. The predicted octanol–water partition coefficient (Wildman–Crippen LogP) is 4.88. The van der Waals surface area contributed by atoms with Crippen LogP contribution in [-0.4, -0.2) is 49.2 Å². The van der Waals surface area contributed by atoms with Gasteiger partial charge in [-0.3, -0.25) is 9.59 Å². The molecule has 192 valence electrons. The molecule has 1 saturated carbocycles. The minimum atomic E-state index is -0.795. The Bertz CT molecular complexity index is 963. The van der Waals surface area contributed by atoms with E-state index in [-0.39, 0.29) is 35.5 Å². The highest BCUT2D eigenvalue weighted by molar-refractivity contribution is 5.80. The lowest BCUT2D eigenvalue weighted by Gasteiger charge is -2.32. The summed E-state index contributed by atoms with van der Waals surface area (Å²) in [5, 5.41) is 0. The van der Waals surface area contributed by atoms with Crippen LogP contribution in [0.1, 0.15) is 33.1 Å². The predicted molar refractivity (Wildman–Crippen MR) is 125 cm³/mol. The summed E-state index contributed by atoms with van der Waals surface area (Å²) in [5.74, 6) is -2.20. The Hall–Kier alpha value is -2.94. The van der Waals surface area contributed by atoms with E-state index in [9.17, 15) is 27.2 Å². The Labute approximate surface area is 203 Å². The van der Waals surface area contributed by atoms with Crippen molar-refractivity contribution >= 4 is 11.8 Å². The second kappa shape index (κ2) is 13.8. The van der Waals surface area contributed by atoms with Gasteiger partial charge in [-0.2, -0.15) is 0 Å². The molecular formula is C26H32F4N2O3. The topological polar surface area (TPSA) is 72.6 Å². The largest absolute Gasteiger partial charge is 0.371 e. The zero-order valence-electron chi connectivity index (χ0n) is 20.0. The number of amides is 2. The molecule has 1 aliphatic carbocycles. The number of carbonyl (C=O) groups excluding carboxylic acids is 2. The highest BCUT2D eigenvalue weighted by Gasteiger charge is 2.39. The van der Waals surface area contributed by atoms with Crippen LogP contribution in [0.4, 0.5) is 17.6 Å². The maximum atomic E-state index is 13.3. The number of alkyl halides is 1. The van der Waals surface area contributed by atoms with Crippen LogP contribution in [-0.2, 0) is 14.3 Å². The van der Waals surface area contributed by atoms with Crippen LogP contribution in [0, 0.1) is 29.3 Å². The summed E-state index contributed by atoms with van der Waals surface area (Å²) in [6, 6.07) is 8.81. The van der Waals surface area contributed by atoms with Gasteiger partial charge in [0, 0.05) is 36.6 Å². The van der Waals surface area contributed by atoms with Gasteiger partial charge in [0.25, 0.3) is 0 Å². The molecular weight excluding hydrogens is 464 g/mol. The summed E-state index contributed by atoms with van der Waals surface area (Å²) in [6.45, 7) is 5.72. The molecule has 2 amide bonds. The maximum absolute atomic E-state index is 13.3. The summed E-state index contributed by atoms with van der Waals surface area (Å²) < 4.78 is 56.9. The first-order valence-corrected chi connectivity index (χ1v) is 11.7. The third kappa shape index (κ3) is 8.65. The average molecular weight is 497 g/mol. The molecule has 1 atom stereocenters. The lowest BCUT2D eigenvalue weighted by Crippen LogP contribution is -2.41. The van der Waals surface area contributed by atoms with E-state index in [0.29, 0.717) is 32.5 Å². The van der Waals surface area contributed by atoms with Crippen LogP contribution in [0.2, 0.25) is 0 Å². The summed E-state index contributed by atoms with van der Waals surface area (Å²) in [7, 11) is 0. The molecule has 4 rings (SSSR count). The van der Waals surface area contributed by atoms with Gasteiger partial charge in [0.15, 0.2) is 0 Å². The fourth-order valence-electron chi connectivity index (χ4n) is 3.91. The Balaban J connectivity index is 0.000000234. The number of halogens is 4. The average Bonchev–Trinajstić information content (AvgIpc) is 3.27. The van der Waals surface area contributed by atoms with Crippen molar-refractivity contribution in [3.63, 3.8) is 0 Å². The molecule has 2 N–H and O–H groups in total. The van der Waals surface area contributed by atoms with Gasteiger partial charge >= 0.3 is 0 Å². The molecule has 0 bridgehead atoms. The molecule has 35 heavy (non-hydrogen) atoms. The van der Waals surface area contributed by atoms with E-state index in [2.05, 4.69) is 0 Å². The van der Waals surface area contributed by atoms with E-state index in [1.165, 1.54) is 18.2 Å². The molecule has 0 radical (unpaired) electrons. The van der Waals surface area contributed by atoms with Crippen molar-refractivity contribution in [2.75, 3.05) is 26.3 Å². The van der Waals surface area contributed by atoms with Crippen LogP contribution in [0.25, 0.3) is 11.1 Å². The Kier molecular flexibility index (Phi) is 11.2. The number of hydrogen-bond acceptors (Lipinski definition) is 3. The van der Waals surface area contributed by atoms with Crippen molar-refractivity contribution in [3.8, 4) is 11.1 Å². The van der Waals surface area contributed by atoms with Crippen LogP contribution in [0.15, 0.2) is 42.5 Å². The first kappa shape index (κ1) is 28.3. The minimum Gasteiger partial charge on any atom is -0.371 e. The molecule has 2 aliphatic rings. The van der Waals surface area contributed by atoms with Gasteiger partial charge in [-0.1, -0.05) is 32.0 Å². The van der Waals surface area contributed by atoms with E-state index in [0.717, 1.165) is 24.6 Å². The van der Waals surface area contributed by atoms with Gasteiger partial charge < -0.3 is 15.4 Å². The Morgan fingerprint density at radius 1 is 1.06 bits per heavy atom.